The molecule has 2 N–H and O–H groups in total. The number of hydrogen-bond donors (Lipinski definition) is 1. The number of rotatable bonds is 4. The standard InChI is InChI=1S/C14H14F2N2S/c1-2-12(17)13-6-4-10(8-18-13)19-14-7-9(15)3-5-11(14)16/h3-8,12H,2,17H2,1H3. The third-order valence-electron chi connectivity index (χ3n) is 2.70. The highest BCUT2D eigenvalue weighted by Gasteiger charge is 2.08. The van der Waals surface area contributed by atoms with E-state index >= 15 is 0 Å². The second-order valence-corrected chi connectivity index (χ2v) is 5.23. The maximum Gasteiger partial charge on any atom is 0.137 e. The molecule has 2 nitrogen and oxygen atoms in total. The first-order chi connectivity index (χ1) is 9.10. The number of nitrogens with zero attached hydrogens (tertiary/aromatic N) is 1. The number of hydrogen-bond acceptors (Lipinski definition) is 3. The number of nitrogens with two attached hydrogens (primary N) is 1. The predicted molar refractivity (Wildman–Crippen MR) is 71.9 cm³/mol. The molecule has 100 valence electrons. The van der Waals surface area contributed by atoms with Gasteiger partial charge < -0.3 is 5.73 Å². The van der Waals surface area contributed by atoms with Gasteiger partial charge in [-0.25, -0.2) is 8.78 Å². The van der Waals surface area contributed by atoms with E-state index in [0.29, 0.717) is 0 Å². The molecular formula is C14H14F2N2S. The molecule has 0 fully saturated rings. The van der Waals surface area contributed by atoms with Crippen LogP contribution in [0.4, 0.5) is 8.78 Å². The molecule has 2 aromatic rings. The van der Waals surface area contributed by atoms with Gasteiger partial charge in [0.05, 0.1) is 10.6 Å². The zero-order valence-corrected chi connectivity index (χ0v) is 11.3. The lowest BCUT2D eigenvalue weighted by Gasteiger charge is -2.08. The molecule has 0 amide bonds. The van der Waals surface area contributed by atoms with Gasteiger partial charge in [0, 0.05) is 17.1 Å². The van der Waals surface area contributed by atoms with Gasteiger partial charge in [0.1, 0.15) is 11.6 Å². The third-order valence-corrected chi connectivity index (χ3v) is 3.71. The SMILES string of the molecule is CCC(N)c1ccc(Sc2cc(F)ccc2F)cn1. The minimum absolute atomic E-state index is 0.0926. The number of halogens is 2. The number of aromatic nitrogens is 1. The Morgan fingerprint density at radius 1 is 1.26 bits per heavy atom. The molecular weight excluding hydrogens is 266 g/mol. The molecule has 1 heterocycles. The van der Waals surface area contributed by atoms with Gasteiger partial charge in [-0.15, -0.1) is 0 Å². The summed E-state index contributed by atoms with van der Waals surface area (Å²) < 4.78 is 26.5. The van der Waals surface area contributed by atoms with Crippen LogP contribution in [0.15, 0.2) is 46.3 Å². The van der Waals surface area contributed by atoms with Crippen molar-refractivity contribution >= 4 is 11.8 Å². The molecule has 1 aromatic carbocycles. The second kappa shape index (κ2) is 6.12. The van der Waals surface area contributed by atoms with Gasteiger partial charge in [0.25, 0.3) is 0 Å². The minimum atomic E-state index is -0.457. The average molecular weight is 280 g/mol. The second-order valence-electron chi connectivity index (χ2n) is 4.11. The molecule has 0 aliphatic carbocycles. The lowest BCUT2D eigenvalue weighted by atomic mass is 10.1. The van der Waals surface area contributed by atoms with Crippen LogP contribution < -0.4 is 5.73 Å². The van der Waals surface area contributed by atoms with Crippen LogP contribution in [0.3, 0.4) is 0 Å². The normalized spacial score (nSPS) is 12.4. The fraction of sp³-hybridized carbons (Fsp3) is 0.214. The summed E-state index contributed by atoms with van der Waals surface area (Å²) in [5.74, 6) is -0.901. The van der Waals surface area contributed by atoms with Crippen LogP contribution in [0.1, 0.15) is 25.1 Å². The molecule has 1 unspecified atom stereocenters. The van der Waals surface area contributed by atoms with Gasteiger partial charge in [0.15, 0.2) is 0 Å². The highest BCUT2D eigenvalue weighted by Crippen LogP contribution is 2.30. The van der Waals surface area contributed by atoms with E-state index in [1.54, 1.807) is 6.20 Å². The van der Waals surface area contributed by atoms with Crippen LogP contribution in [0, 0.1) is 11.6 Å². The Morgan fingerprint density at radius 3 is 2.68 bits per heavy atom. The van der Waals surface area contributed by atoms with E-state index in [-0.39, 0.29) is 10.9 Å². The van der Waals surface area contributed by atoms with E-state index in [9.17, 15) is 8.78 Å². The zero-order valence-electron chi connectivity index (χ0n) is 10.4. The first kappa shape index (κ1) is 14.0. The van der Waals surface area contributed by atoms with Crippen molar-refractivity contribution in [1.29, 1.82) is 0 Å². The Labute approximate surface area is 115 Å². The summed E-state index contributed by atoms with van der Waals surface area (Å²) in [5, 5.41) is 0. The van der Waals surface area contributed by atoms with E-state index in [0.717, 1.165) is 40.9 Å². The maximum atomic E-state index is 13.5. The van der Waals surface area contributed by atoms with Gasteiger partial charge in [-0.1, -0.05) is 18.7 Å². The molecule has 1 atom stereocenters. The van der Waals surface area contributed by atoms with Crippen molar-refractivity contribution in [3.05, 3.63) is 53.9 Å². The zero-order chi connectivity index (χ0) is 13.8. The summed E-state index contributed by atoms with van der Waals surface area (Å²) in [6.45, 7) is 1.98. The van der Waals surface area contributed by atoms with Crippen LogP contribution in [-0.2, 0) is 0 Å². The number of benzene rings is 1. The van der Waals surface area contributed by atoms with Crippen LogP contribution in [0.2, 0.25) is 0 Å². The fourth-order valence-corrected chi connectivity index (χ4v) is 2.40. The van der Waals surface area contributed by atoms with Crippen molar-refractivity contribution in [2.24, 2.45) is 5.73 Å². The molecule has 0 aliphatic heterocycles. The van der Waals surface area contributed by atoms with Crippen LogP contribution >= 0.6 is 11.8 Å². The van der Waals surface area contributed by atoms with Crippen molar-refractivity contribution < 1.29 is 8.78 Å². The molecule has 5 heteroatoms. The van der Waals surface area contributed by atoms with Crippen molar-refractivity contribution in [3.63, 3.8) is 0 Å². The van der Waals surface area contributed by atoms with Crippen LogP contribution in [0.5, 0.6) is 0 Å². The first-order valence-corrected chi connectivity index (χ1v) is 6.76. The summed E-state index contributed by atoms with van der Waals surface area (Å²) in [7, 11) is 0. The summed E-state index contributed by atoms with van der Waals surface area (Å²) >= 11 is 1.14. The monoisotopic (exact) mass is 280 g/mol. The van der Waals surface area contributed by atoms with Crippen molar-refractivity contribution in [1.82, 2.24) is 4.98 Å². The molecule has 0 bridgehead atoms. The van der Waals surface area contributed by atoms with Crippen LogP contribution in [-0.4, -0.2) is 4.98 Å². The van der Waals surface area contributed by atoms with Crippen molar-refractivity contribution in [2.45, 2.75) is 29.2 Å². The van der Waals surface area contributed by atoms with E-state index in [4.69, 9.17) is 5.73 Å². The minimum Gasteiger partial charge on any atom is -0.323 e. The highest BCUT2D eigenvalue weighted by molar-refractivity contribution is 7.99. The van der Waals surface area contributed by atoms with Gasteiger partial charge in [-0.05, 0) is 36.8 Å². The van der Waals surface area contributed by atoms with Gasteiger partial charge in [0.2, 0.25) is 0 Å². The van der Waals surface area contributed by atoms with Gasteiger partial charge in [-0.3, -0.25) is 4.98 Å². The summed E-state index contributed by atoms with van der Waals surface area (Å²) in [4.78, 5) is 5.23. The molecule has 1 aromatic heterocycles. The Hall–Kier alpha value is -1.46. The van der Waals surface area contributed by atoms with Crippen molar-refractivity contribution in [3.8, 4) is 0 Å². The average Bonchev–Trinajstić information content (AvgIpc) is 2.43. The quantitative estimate of drug-likeness (QED) is 0.922. The number of pyridine rings is 1. The Balaban J connectivity index is 2.17. The summed E-state index contributed by atoms with van der Waals surface area (Å²) in [5.41, 5.74) is 6.66. The Morgan fingerprint density at radius 2 is 2.05 bits per heavy atom. The predicted octanol–water partition coefficient (Wildman–Crippen LogP) is 3.92. The first-order valence-electron chi connectivity index (χ1n) is 5.94. The molecule has 0 saturated carbocycles. The smallest absolute Gasteiger partial charge is 0.137 e. The summed E-state index contributed by atoms with van der Waals surface area (Å²) in [6, 6.07) is 6.92. The van der Waals surface area contributed by atoms with E-state index < -0.39 is 11.6 Å². The summed E-state index contributed by atoms with van der Waals surface area (Å²) in [6.07, 6.45) is 2.43. The lowest BCUT2D eigenvalue weighted by Crippen LogP contribution is -2.10. The largest absolute Gasteiger partial charge is 0.323 e. The molecule has 0 radical (unpaired) electrons. The molecule has 19 heavy (non-hydrogen) atoms. The molecule has 0 saturated heterocycles. The highest BCUT2D eigenvalue weighted by atomic mass is 32.2. The topological polar surface area (TPSA) is 38.9 Å². The van der Waals surface area contributed by atoms with E-state index in [1.807, 2.05) is 19.1 Å². The Bertz CT molecular complexity index is 558. The van der Waals surface area contributed by atoms with Crippen molar-refractivity contribution in [2.75, 3.05) is 0 Å². The lowest BCUT2D eigenvalue weighted by molar-refractivity contribution is 0.577. The fourth-order valence-electron chi connectivity index (χ4n) is 1.56. The van der Waals surface area contributed by atoms with E-state index in [2.05, 4.69) is 4.98 Å². The van der Waals surface area contributed by atoms with Gasteiger partial charge >= 0.3 is 0 Å². The third kappa shape index (κ3) is 3.52. The van der Waals surface area contributed by atoms with E-state index in [1.165, 1.54) is 6.07 Å². The molecule has 2 rings (SSSR count). The molecule has 0 aliphatic rings. The van der Waals surface area contributed by atoms with Gasteiger partial charge in [-0.2, -0.15) is 0 Å². The Kier molecular flexibility index (Phi) is 4.50. The molecule has 0 spiro atoms. The van der Waals surface area contributed by atoms with Crippen LogP contribution in [0.25, 0.3) is 0 Å². The maximum absolute atomic E-state index is 13.5.